The maximum atomic E-state index is 12.2. The largest absolute Gasteiger partial charge is 0.573 e. The minimum absolute atomic E-state index is 0.138. The van der Waals surface area contributed by atoms with Crippen molar-refractivity contribution in [1.29, 1.82) is 0 Å². The predicted molar refractivity (Wildman–Crippen MR) is 84.1 cm³/mol. The lowest BCUT2D eigenvalue weighted by atomic mass is 10.2. The molecule has 2 aromatic rings. The molecule has 128 valence electrons. The topological polar surface area (TPSA) is 63.2 Å². The number of nitrogens with zero attached hydrogens (tertiary/aromatic N) is 1. The smallest absolute Gasteiger partial charge is 0.406 e. The van der Waals surface area contributed by atoms with Gasteiger partial charge in [0.2, 0.25) is 5.91 Å². The molecule has 5 nitrogen and oxygen atoms in total. The summed E-state index contributed by atoms with van der Waals surface area (Å²) in [5.74, 6) is -0.803. The highest BCUT2D eigenvalue weighted by molar-refractivity contribution is 6.32. The third kappa shape index (κ3) is 5.31. The van der Waals surface area contributed by atoms with E-state index in [9.17, 15) is 18.0 Å². The molecule has 9 heteroatoms. The van der Waals surface area contributed by atoms with Gasteiger partial charge in [0.05, 0.1) is 5.69 Å². The molecule has 1 aromatic carbocycles. The number of hydrogen-bond donors (Lipinski definition) is 2. The quantitative estimate of drug-likeness (QED) is 0.790. The molecular formula is C15H13ClF3N3O2. The van der Waals surface area contributed by atoms with Crippen LogP contribution in [0.2, 0.25) is 5.15 Å². The normalized spacial score (nSPS) is 12.4. The molecule has 2 rings (SSSR count). The fourth-order valence-corrected chi connectivity index (χ4v) is 1.99. The van der Waals surface area contributed by atoms with Gasteiger partial charge in [-0.1, -0.05) is 17.7 Å². The van der Waals surface area contributed by atoms with E-state index in [1.807, 2.05) is 0 Å². The molecule has 24 heavy (non-hydrogen) atoms. The average Bonchev–Trinajstić information content (AvgIpc) is 2.48. The zero-order chi connectivity index (χ0) is 17.7. The first-order valence-corrected chi connectivity index (χ1v) is 7.16. The van der Waals surface area contributed by atoms with Crippen molar-refractivity contribution in [3.63, 3.8) is 0 Å². The fourth-order valence-electron chi connectivity index (χ4n) is 1.82. The van der Waals surface area contributed by atoms with Gasteiger partial charge in [0.25, 0.3) is 0 Å². The number of alkyl halides is 3. The summed E-state index contributed by atoms with van der Waals surface area (Å²) in [6.45, 7) is 1.55. The number of benzene rings is 1. The van der Waals surface area contributed by atoms with E-state index >= 15 is 0 Å². The van der Waals surface area contributed by atoms with E-state index in [1.54, 1.807) is 19.1 Å². The van der Waals surface area contributed by atoms with E-state index in [2.05, 4.69) is 20.4 Å². The second-order valence-electron chi connectivity index (χ2n) is 4.77. The molecule has 1 amide bonds. The van der Waals surface area contributed by atoms with Crippen molar-refractivity contribution in [2.45, 2.75) is 19.3 Å². The van der Waals surface area contributed by atoms with Gasteiger partial charge in [0.1, 0.15) is 11.8 Å². The molecule has 2 N–H and O–H groups in total. The van der Waals surface area contributed by atoms with Gasteiger partial charge in [-0.2, -0.15) is 0 Å². The van der Waals surface area contributed by atoms with Crippen LogP contribution in [0, 0.1) is 0 Å². The molecule has 0 fully saturated rings. The van der Waals surface area contributed by atoms with E-state index < -0.39 is 18.3 Å². The Kier molecular flexibility index (Phi) is 5.50. The van der Waals surface area contributed by atoms with Crippen LogP contribution in [0.15, 0.2) is 42.6 Å². The van der Waals surface area contributed by atoms with Crippen LogP contribution in [0.3, 0.4) is 0 Å². The number of carbonyl (C=O) groups excluding carboxylic acids is 1. The molecule has 0 saturated carbocycles. The maximum absolute atomic E-state index is 12.2. The summed E-state index contributed by atoms with van der Waals surface area (Å²) in [7, 11) is 0. The number of pyridine rings is 1. The van der Waals surface area contributed by atoms with Crippen molar-refractivity contribution >= 4 is 28.9 Å². The van der Waals surface area contributed by atoms with Gasteiger partial charge in [-0.15, -0.1) is 13.2 Å². The van der Waals surface area contributed by atoms with Crippen LogP contribution < -0.4 is 15.4 Å². The highest BCUT2D eigenvalue weighted by Gasteiger charge is 2.31. The van der Waals surface area contributed by atoms with Crippen LogP contribution >= 0.6 is 11.6 Å². The Morgan fingerprint density at radius 3 is 2.71 bits per heavy atom. The molecule has 0 bridgehead atoms. The number of hydrogen-bond acceptors (Lipinski definition) is 4. The van der Waals surface area contributed by atoms with E-state index in [4.69, 9.17) is 11.6 Å². The van der Waals surface area contributed by atoms with Crippen molar-refractivity contribution in [2.24, 2.45) is 0 Å². The second-order valence-corrected chi connectivity index (χ2v) is 5.13. The molecule has 1 unspecified atom stereocenters. The zero-order valence-electron chi connectivity index (χ0n) is 12.4. The van der Waals surface area contributed by atoms with E-state index in [0.29, 0.717) is 11.4 Å². The molecular weight excluding hydrogens is 347 g/mol. The summed E-state index contributed by atoms with van der Waals surface area (Å²) in [6.07, 6.45) is -3.30. The number of ether oxygens (including phenoxy) is 1. The number of nitrogens with one attached hydrogen (secondary N) is 2. The highest BCUT2D eigenvalue weighted by atomic mass is 35.5. The summed E-state index contributed by atoms with van der Waals surface area (Å²) < 4.78 is 40.5. The van der Waals surface area contributed by atoms with Crippen molar-refractivity contribution in [3.05, 3.63) is 47.7 Å². The average molecular weight is 360 g/mol. The van der Waals surface area contributed by atoms with E-state index in [1.165, 1.54) is 24.4 Å². The van der Waals surface area contributed by atoms with Crippen molar-refractivity contribution in [2.75, 3.05) is 10.6 Å². The Morgan fingerprint density at radius 1 is 1.29 bits per heavy atom. The number of anilines is 2. The van der Waals surface area contributed by atoms with Crippen LogP contribution in [0.1, 0.15) is 6.92 Å². The van der Waals surface area contributed by atoms with Crippen molar-refractivity contribution in [3.8, 4) is 5.75 Å². The standard InChI is InChI=1S/C15H13ClF3N3O2/c1-9(14(23)22-12-6-3-7-20-13(12)16)21-10-4-2-5-11(8-10)24-15(17,18)19/h2-9,21H,1H3,(H,22,23). The Hall–Kier alpha value is -2.48. The third-order valence-corrected chi connectivity index (χ3v) is 3.16. The first-order chi connectivity index (χ1) is 11.2. The van der Waals surface area contributed by atoms with Crippen molar-refractivity contribution < 1.29 is 22.7 Å². The van der Waals surface area contributed by atoms with Gasteiger partial charge < -0.3 is 15.4 Å². The Morgan fingerprint density at radius 2 is 2.04 bits per heavy atom. The van der Waals surface area contributed by atoms with Crippen LogP contribution in [0.4, 0.5) is 24.5 Å². The van der Waals surface area contributed by atoms with Crippen LogP contribution in [-0.2, 0) is 4.79 Å². The molecule has 0 aliphatic rings. The van der Waals surface area contributed by atoms with Crippen LogP contribution in [0.5, 0.6) is 5.75 Å². The van der Waals surface area contributed by atoms with Gasteiger partial charge in [-0.05, 0) is 31.2 Å². The molecule has 0 spiro atoms. The monoisotopic (exact) mass is 359 g/mol. The lowest BCUT2D eigenvalue weighted by Crippen LogP contribution is -2.32. The Balaban J connectivity index is 2.01. The van der Waals surface area contributed by atoms with Crippen LogP contribution in [-0.4, -0.2) is 23.3 Å². The number of amides is 1. The number of aromatic nitrogens is 1. The maximum Gasteiger partial charge on any atom is 0.573 e. The van der Waals surface area contributed by atoms with Gasteiger partial charge in [0.15, 0.2) is 5.15 Å². The fraction of sp³-hybridized carbons (Fsp3) is 0.200. The van der Waals surface area contributed by atoms with Crippen molar-refractivity contribution in [1.82, 2.24) is 4.98 Å². The lowest BCUT2D eigenvalue weighted by molar-refractivity contribution is -0.274. The SMILES string of the molecule is CC(Nc1cccc(OC(F)(F)F)c1)C(=O)Nc1cccnc1Cl. The summed E-state index contributed by atoms with van der Waals surface area (Å²) in [6, 6.07) is 7.67. The molecule has 1 atom stereocenters. The molecule has 0 aliphatic carbocycles. The first-order valence-electron chi connectivity index (χ1n) is 6.78. The van der Waals surface area contributed by atoms with Crippen LogP contribution in [0.25, 0.3) is 0 Å². The summed E-state index contributed by atoms with van der Waals surface area (Å²) in [5, 5.41) is 5.50. The van der Waals surface area contributed by atoms with Gasteiger partial charge >= 0.3 is 6.36 Å². The minimum atomic E-state index is -4.78. The molecule has 1 aromatic heterocycles. The summed E-state index contributed by atoms with van der Waals surface area (Å²) in [4.78, 5) is 15.9. The summed E-state index contributed by atoms with van der Waals surface area (Å²) >= 11 is 5.85. The van der Waals surface area contributed by atoms with Gasteiger partial charge in [-0.25, -0.2) is 4.98 Å². The van der Waals surface area contributed by atoms with Gasteiger partial charge in [-0.3, -0.25) is 4.79 Å². The van der Waals surface area contributed by atoms with E-state index in [-0.39, 0.29) is 10.9 Å². The molecule has 0 saturated heterocycles. The Bertz CT molecular complexity index is 725. The zero-order valence-corrected chi connectivity index (χ0v) is 13.2. The second kappa shape index (κ2) is 7.39. The third-order valence-electron chi connectivity index (χ3n) is 2.86. The molecule has 0 radical (unpaired) electrons. The Labute approximate surface area is 140 Å². The first kappa shape index (κ1) is 17.9. The molecule has 1 heterocycles. The minimum Gasteiger partial charge on any atom is -0.406 e. The predicted octanol–water partition coefficient (Wildman–Crippen LogP) is 4.07. The lowest BCUT2D eigenvalue weighted by Gasteiger charge is -2.16. The highest BCUT2D eigenvalue weighted by Crippen LogP contribution is 2.25. The number of carbonyl (C=O) groups is 1. The van der Waals surface area contributed by atoms with E-state index in [0.717, 1.165) is 6.07 Å². The molecule has 0 aliphatic heterocycles. The van der Waals surface area contributed by atoms with Gasteiger partial charge in [0, 0.05) is 18.0 Å². The number of halogens is 4. The number of rotatable bonds is 5. The summed E-state index contributed by atoms with van der Waals surface area (Å²) in [5.41, 5.74) is 0.642.